The van der Waals surface area contributed by atoms with Crippen LogP contribution in [0, 0.1) is 25.7 Å². The van der Waals surface area contributed by atoms with Crippen molar-refractivity contribution in [2.75, 3.05) is 13.1 Å². The molecule has 1 aromatic rings. The molecule has 0 spiro atoms. The Morgan fingerprint density at radius 1 is 1.26 bits per heavy atom. The first-order valence-corrected chi connectivity index (χ1v) is 9.13. The van der Waals surface area contributed by atoms with E-state index in [9.17, 15) is 4.79 Å². The van der Waals surface area contributed by atoms with Gasteiger partial charge in [0.15, 0.2) is 0 Å². The highest BCUT2D eigenvalue weighted by molar-refractivity contribution is 7.12. The molecule has 5 heteroatoms. The molecule has 0 aliphatic heterocycles. The fourth-order valence-corrected chi connectivity index (χ4v) is 3.21. The molecule has 2 N–H and O–H groups in total. The summed E-state index contributed by atoms with van der Waals surface area (Å²) in [6.45, 7) is 16.7. The second-order valence-electron chi connectivity index (χ2n) is 7.47. The van der Waals surface area contributed by atoms with E-state index < -0.39 is 5.60 Å². The predicted octanol–water partition coefficient (Wildman–Crippen LogP) is 4.25. The van der Waals surface area contributed by atoms with Gasteiger partial charge in [-0.15, -0.1) is 11.3 Å². The van der Waals surface area contributed by atoms with E-state index in [2.05, 4.69) is 44.4 Å². The van der Waals surface area contributed by atoms with E-state index in [1.807, 2.05) is 32.1 Å². The van der Waals surface area contributed by atoms with E-state index in [1.54, 1.807) is 0 Å². The summed E-state index contributed by atoms with van der Waals surface area (Å²) in [5, 5.41) is 6.40. The first-order chi connectivity index (χ1) is 10.6. The molecule has 23 heavy (non-hydrogen) atoms. The van der Waals surface area contributed by atoms with Gasteiger partial charge in [-0.3, -0.25) is 0 Å². The number of alkyl carbamates (subject to hydrolysis) is 1. The molecule has 0 aliphatic carbocycles. The lowest BCUT2D eigenvalue weighted by Crippen LogP contribution is -2.39. The highest BCUT2D eigenvalue weighted by Gasteiger charge is 2.19. The molecule has 1 amide bonds. The van der Waals surface area contributed by atoms with Crippen LogP contribution in [0.25, 0.3) is 0 Å². The first-order valence-electron chi connectivity index (χ1n) is 8.32. The summed E-state index contributed by atoms with van der Waals surface area (Å²) < 4.78 is 5.29. The molecule has 0 aromatic carbocycles. The van der Waals surface area contributed by atoms with Crippen molar-refractivity contribution in [1.29, 1.82) is 0 Å². The van der Waals surface area contributed by atoms with Crippen molar-refractivity contribution in [1.82, 2.24) is 10.6 Å². The van der Waals surface area contributed by atoms with Crippen LogP contribution in [0.1, 0.15) is 49.9 Å². The van der Waals surface area contributed by atoms with Crippen molar-refractivity contribution in [3.63, 3.8) is 0 Å². The third-order valence-electron chi connectivity index (χ3n) is 3.77. The van der Waals surface area contributed by atoms with Crippen LogP contribution in [0.4, 0.5) is 4.79 Å². The van der Waals surface area contributed by atoms with Gasteiger partial charge in [-0.1, -0.05) is 13.8 Å². The number of hydrogen-bond acceptors (Lipinski definition) is 4. The number of nitrogens with one attached hydrogen (secondary N) is 2. The molecule has 1 unspecified atom stereocenters. The maximum atomic E-state index is 11.8. The minimum absolute atomic E-state index is 0.340. The number of rotatable bonds is 7. The molecule has 4 nitrogen and oxygen atoms in total. The normalized spacial score (nSPS) is 13.2. The van der Waals surface area contributed by atoms with Crippen molar-refractivity contribution in [3.05, 3.63) is 21.4 Å². The van der Waals surface area contributed by atoms with Gasteiger partial charge in [0.1, 0.15) is 5.60 Å². The zero-order valence-corrected chi connectivity index (χ0v) is 16.4. The molecule has 0 fully saturated rings. The smallest absolute Gasteiger partial charge is 0.407 e. The second kappa shape index (κ2) is 8.69. The summed E-state index contributed by atoms with van der Waals surface area (Å²) in [5.41, 5.74) is 0.906. The number of carbonyl (C=O) groups is 1. The molecule has 0 aliphatic rings. The molecule has 0 saturated carbocycles. The summed E-state index contributed by atoms with van der Waals surface area (Å²) in [5.74, 6) is 0.869. The molecular formula is C18H32N2O2S. The van der Waals surface area contributed by atoms with Crippen LogP contribution in [0.15, 0.2) is 6.07 Å². The van der Waals surface area contributed by atoms with Crippen molar-refractivity contribution < 1.29 is 9.53 Å². The average molecular weight is 341 g/mol. The molecule has 1 rings (SSSR count). The van der Waals surface area contributed by atoms with Gasteiger partial charge in [0.25, 0.3) is 0 Å². The van der Waals surface area contributed by atoms with Gasteiger partial charge < -0.3 is 15.4 Å². The Hall–Kier alpha value is -1.07. The maximum absolute atomic E-state index is 11.8. The van der Waals surface area contributed by atoms with Crippen LogP contribution < -0.4 is 10.6 Å². The summed E-state index contributed by atoms with van der Waals surface area (Å²) in [6.07, 6.45) is -0.340. The molecule has 132 valence electrons. The molecule has 0 saturated heterocycles. The molecule has 0 bridgehead atoms. The second-order valence-corrected chi connectivity index (χ2v) is 8.81. The van der Waals surface area contributed by atoms with Gasteiger partial charge in [-0.05, 0) is 58.1 Å². The molecule has 1 heterocycles. The standard InChI is InChI=1S/C18H32N2O2S/c1-12(2)15(10-20-17(21)22-18(5,6)7)9-19-11-16-8-13(3)14(4)23-16/h8,12,15,19H,9-11H2,1-7H3,(H,20,21). The van der Waals surface area contributed by atoms with E-state index >= 15 is 0 Å². The van der Waals surface area contributed by atoms with Gasteiger partial charge in [0, 0.05) is 29.4 Å². The van der Waals surface area contributed by atoms with Crippen LogP contribution in [0.3, 0.4) is 0 Å². The first kappa shape index (κ1) is 20.0. The monoisotopic (exact) mass is 340 g/mol. The number of amides is 1. The largest absolute Gasteiger partial charge is 0.444 e. The topological polar surface area (TPSA) is 50.4 Å². The maximum Gasteiger partial charge on any atom is 0.407 e. The quantitative estimate of drug-likeness (QED) is 0.780. The summed E-state index contributed by atoms with van der Waals surface area (Å²) in [4.78, 5) is 14.5. The van der Waals surface area contributed by atoms with Gasteiger partial charge in [0.2, 0.25) is 0 Å². The van der Waals surface area contributed by atoms with Crippen LogP contribution in [0.2, 0.25) is 0 Å². The Morgan fingerprint density at radius 2 is 1.91 bits per heavy atom. The third-order valence-corrected chi connectivity index (χ3v) is 4.93. The van der Waals surface area contributed by atoms with Crippen LogP contribution in [-0.4, -0.2) is 24.8 Å². The Labute approximate surface area is 145 Å². The highest BCUT2D eigenvalue weighted by atomic mass is 32.1. The van der Waals surface area contributed by atoms with Gasteiger partial charge in [-0.25, -0.2) is 4.79 Å². The Bertz CT molecular complexity index is 484. The Balaban J connectivity index is 2.38. The van der Waals surface area contributed by atoms with Gasteiger partial charge in [-0.2, -0.15) is 0 Å². The minimum atomic E-state index is -0.454. The van der Waals surface area contributed by atoms with Crippen molar-refractivity contribution in [3.8, 4) is 0 Å². The molecule has 0 radical (unpaired) electrons. The SMILES string of the molecule is Cc1cc(CNCC(CNC(=O)OC(C)(C)C)C(C)C)sc1C. The average Bonchev–Trinajstić information content (AvgIpc) is 2.70. The van der Waals surface area contributed by atoms with E-state index in [0.29, 0.717) is 18.4 Å². The lowest BCUT2D eigenvalue weighted by atomic mass is 9.96. The third kappa shape index (κ3) is 7.84. The fourth-order valence-electron chi connectivity index (χ4n) is 2.19. The van der Waals surface area contributed by atoms with Gasteiger partial charge >= 0.3 is 6.09 Å². The number of aryl methyl sites for hydroxylation is 2. The van der Waals surface area contributed by atoms with Crippen molar-refractivity contribution in [2.45, 2.75) is 60.6 Å². The van der Waals surface area contributed by atoms with E-state index in [1.165, 1.54) is 15.3 Å². The Kier molecular flexibility index (Phi) is 7.55. The highest BCUT2D eigenvalue weighted by Crippen LogP contribution is 2.20. The number of ether oxygens (including phenoxy) is 1. The van der Waals surface area contributed by atoms with Crippen molar-refractivity contribution in [2.24, 2.45) is 11.8 Å². The van der Waals surface area contributed by atoms with Crippen molar-refractivity contribution >= 4 is 17.4 Å². The summed E-state index contributed by atoms with van der Waals surface area (Å²) in [6, 6.07) is 2.25. The summed E-state index contributed by atoms with van der Waals surface area (Å²) in [7, 11) is 0. The fraction of sp³-hybridized carbons (Fsp3) is 0.722. The van der Waals surface area contributed by atoms with E-state index in [0.717, 1.165) is 13.1 Å². The number of thiophene rings is 1. The molecule has 1 aromatic heterocycles. The van der Waals surface area contributed by atoms with E-state index in [-0.39, 0.29) is 6.09 Å². The molecular weight excluding hydrogens is 308 g/mol. The van der Waals surface area contributed by atoms with Gasteiger partial charge in [0.05, 0.1) is 0 Å². The number of carbonyl (C=O) groups excluding carboxylic acids is 1. The zero-order valence-electron chi connectivity index (χ0n) is 15.6. The number of hydrogen-bond donors (Lipinski definition) is 2. The van der Waals surface area contributed by atoms with Crippen LogP contribution >= 0.6 is 11.3 Å². The zero-order chi connectivity index (χ0) is 17.6. The molecule has 1 atom stereocenters. The minimum Gasteiger partial charge on any atom is -0.444 e. The predicted molar refractivity (Wildman–Crippen MR) is 98.1 cm³/mol. The summed E-state index contributed by atoms with van der Waals surface area (Å²) >= 11 is 1.85. The van der Waals surface area contributed by atoms with Crippen LogP contribution in [-0.2, 0) is 11.3 Å². The van der Waals surface area contributed by atoms with Crippen LogP contribution in [0.5, 0.6) is 0 Å². The Morgan fingerprint density at radius 3 is 2.39 bits per heavy atom. The lowest BCUT2D eigenvalue weighted by molar-refractivity contribution is 0.0515. The van der Waals surface area contributed by atoms with E-state index in [4.69, 9.17) is 4.74 Å². The lowest BCUT2D eigenvalue weighted by Gasteiger charge is -2.24.